The molecule has 1 aliphatic rings. The van der Waals surface area contributed by atoms with E-state index in [2.05, 4.69) is 23.7 Å². The van der Waals surface area contributed by atoms with Crippen LogP contribution in [-0.4, -0.2) is 49.7 Å². The Bertz CT molecular complexity index is 226. The summed E-state index contributed by atoms with van der Waals surface area (Å²) in [4.78, 5) is 6.57. The van der Waals surface area contributed by atoms with E-state index < -0.39 is 0 Å². The molecule has 0 saturated carbocycles. The van der Waals surface area contributed by atoms with Crippen molar-refractivity contribution in [2.24, 2.45) is 22.4 Å². The van der Waals surface area contributed by atoms with Gasteiger partial charge in [0.05, 0.1) is 19.8 Å². The van der Waals surface area contributed by atoms with Crippen molar-refractivity contribution in [3.8, 4) is 0 Å². The van der Waals surface area contributed by atoms with E-state index in [1.165, 1.54) is 0 Å². The van der Waals surface area contributed by atoms with Gasteiger partial charge in [-0.05, 0) is 12.3 Å². The van der Waals surface area contributed by atoms with Crippen molar-refractivity contribution in [1.82, 2.24) is 4.90 Å². The fraction of sp³-hybridized carbons (Fsp3) is 0.909. The summed E-state index contributed by atoms with van der Waals surface area (Å²) in [6.07, 6.45) is 1.12. The van der Waals surface area contributed by atoms with Crippen LogP contribution in [0.2, 0.25) is 0 Å². The number of halogens is 1. The molecule has 0 aliphatic carbocycles. The lowest BCUT2D eigenvalue weighted by atomic mass is 10.0. The third kappa shape index (κ3) is 7.05. The molecule has 5 nitrogen and oxygen atoms in total. The van der Waals surface area contributed by atoms with Gasteiger partial charge >= 0.3 is 0 Å². The van der Waals surface area contributed by atoms with Crippen LogP contribution in [0.3, 0.4) is 0 Å². The molecule has 1 aliphatic heterocycles. The molecule has 6 heteroatoms. The number of ether oxygens (including phenoxy) is 1. The molecule has 0 aromatic heterocycles. The molecule has 1 saturated heterocycles. The Morgan fingerprint density at radius 1 is 1.29 bits per heavy atom. The maximum atomic E-state index is 5.39. The quantitative estimate of drug-likeness (QED) is 0.430. The highest BCUT2D eigenvalue weighted by Gasteiger charge is 2.21. The van der Waals surface area contributed by atoms with E-state index >= 15 is 0 Å². The van der Waals surface area contributed by atoms with Gasteiger partial charge in [0, 0.05) is 19.1 Å². The molecule has 102 valence electrons. The average molecular weight is 356 g/mol. The largest absolute Gasteiger partial charge is 0.379 e. The van der Waals surface area contributed by atoms with Gasteiger partial charge in [-0.1, -0.05) is 13.8 Å². The summed E-state index contributed by atoms with van der Waals surface area (Å²) in [5, 5.41) is 0. The van der Waals surface area contributed by atoms with Crippen LogP contribution in [0.15, 0.2) is 4.99 Å². The van der Waals surface area contributed by atoms with E-state index in [0.29, 0.717) is 18.5 Å². The van der Waals surface area contributed by atoms with E-state index in [9.17, 15) is 0 Å². The van der Waals surface area contributed by atoms with Crippen molar-refractivity contribution in [3.05, 3.63) is 0 Å². The topological polar surface area (TPSA) is 76.9 Å². The van der Waals surface area contributed by atoms with Crippen LogP contribution in [0.4, 0.5) is 0 Å². The second-order valence-electron chi connectivity index (χ2n) is 4.70. The Kier molecular flexibility index (Phi) is 8.89. The Morgan fingerprint density at radius 2 is 1.88 bits per heavy atom. The maximum Gasteiger partial charge on any atom is 0.185 e. The van der Waals surface area contributed by atoms with Crippen LogP contribution in [0.1, 0.15) is 20.3 Å². The molecule has 1 heterocycles. The minimum absolute atomic E-state index is 0. The minimum atomic E-state index is 0. The van der Waals surface area contributed by atoms with E-state index in [0.717, 1.165) is 32.7 Å². The molecule has 0 aromatic carbocycles. The molecule has 0 amide bonds. The lowest BCUT2D eigenvalue weighted by Gasteiger charge is -2.34. The molecule has 4 N–H and O–H groups in total. The standard InChI is InChI=1S/C11H24N4O.HI/c1-9(2)7-10(8-14-11(12)13)15-3-5-16-6-4-15;/h9-10H,3-8H2,1-2H3,(H4,12,13,14);1H. The fourth-order valence-electron chi connectivity index (χ4n) is 2.04. The number of guanidine groups is 1. The van der Waals surface area contributed by atoms with Gasteiger partial charge in [-0.3, -0.25) is 9.89 Å². The fourth-order valence-corrected chi connectivity index (χ4v) is 2.04. The number of nitrogens with zero attached hydrogens (tertiary/aromatic N) is 2. The van der Waals surface area contributed by atoms with Crippen molar-refractivity contribution in [3.63, 3.8) is 0 Å². The minimum Gasteiger partial charge on any atom is -0.379 e. The second kappa shape index (κ2) is 8.93. The van der Waals surface area contributed by atoms with Gasteiger partial charge in [0.25, 0.3) is 0 Å². The van der Waals surface area contributed by atoms with Crippen molar-refractivity contribution in [1.29, 1.82) is 0 Å². The summed E-state index contributed by atoms with van der Waals surface area (Å²) in [5.41, 5.74) is 10.8. The summed E-state index contributed by atoms with van der Waals surface area (Å²) in [6, 6.07) is 0.436. The second-order valence-corrected chi connectivity index (χ2v) is 4.70. The highest BCUT2D eigenvalue weighted by atomic mass is 127. The van der Waals surface area contributed by atoms with Crippen molar-refractivity contribution in [2.45, 2.75) is 26.3 Å². The number of hydrogen-bond donors (Lipinski definition) is 2. The van der Waals surface area contributed by atoms with E-state index in [1.807, 2.05) is 0 Å². The highest BCUT2D eigenvalue weighted by molar-refractivity contribution is 14.0. The zero-order chi connectivity index (χ0) is 12.0. The molecule has 1 unspecified atom stereocenters. The van der Waals surface area contributed by atoms with Gasteiger partial charge in [-0.15, -0.1) is 24.0 Å². The molecule has 0 aromatic rings. The third-order valence-corrected chi connectivity index (χ3v) is 2.79. The molecule has 0 spiro atoms. The maximum absolute atomic E-state index is 5.39. The van der Waals surface area contributed by atoms with Crippen LogP contribution < -0.4 is 11.5 Å². The number of nitrogens with two attached hydrogens (primary N) is 2. The number of rotatable bonds is 5. The molecular weight excluding hydrogens is 331 g/mol. The molecule has 1 rings (SSSR count). The number of morpholine rings is 1. The first-order chi connectivity index (χ1) is 7.59. The Morgan fingerprint density at radius 3 is 2.35 bits per heavy atom. The summed E-state index contributed by atoms with van der Waals surface area (Å²) < 4.78 is 5.35. The first-order valence-corrected chi connectivity index (χ1v) is 5.96. The summed E-state index contributed by atoms with van der Waals surface area (Å²) in [6.45, 7) is 8.74. The third-order valence-electron chi connectivity index (χ3n) is 2.79. The smallest absolute Gasteiger partial charge is 0.185 e. The van der Waals surface area contributed by atoms with Gasteiger partial charge in [-0.2, -0.15) is 0 Å². The summed E-state index contributed by atoms with van der Waals surface area (Å²) >= 11 is 0. The Labute approximate surface area is 121 Å². The normalized spacial score (nSPS) is 18.5. The zero-order valence-electron chi connectivity index (χ0n) is 10.8. The van der Waals surface area contributed by atoms with Gasteiger partial charge in [0.1, 0.15) is 0 Å². The monoisotopic (exact) mass is 356 g/mol. The molecule has 0 radical (unpaired) electrons. The van der Waals surface area contributed by atoms with Gasteiger partial charge in [0.15, 0.2) is 5.96 Å². The number of hydrogen-bond acceptors (Lipinski definition) is 3. The Hall–Kier alpha value is -0.0800. The first kappa shape index (κ1) is 16.9. The molecule has 0 bridgehead atoms. The summed E-state index contributed by atoms with van der Waals surface area (Å²) in [5.74, 6) is 0.837. The highest BCUT2D eigenvalue weighted by Crippen LogP contribution is 2.13. The van der Waals surface area contributed by atoms with Gasteiger partial charge < -0.3 is 16.2 Å². The average Bonchev–Trinajstić information content (AvgIpc) is 2.25. The molecule has 1 atom stereocenters. The SMILES string of the molecule is CC(C)CC(CN=C(N)N)N1CCOCC1.I. The predicted octanol–water partition coefficient (Wildman–Crippen LogP) is 0.625. The summed E-state index contributed by atoms with van der Waals surface area (Å²) in [7, 11) is 0. The Balaban J connectivity index is 0.00000256. The van der Waals surface area contributed by atoms with Crippen molar-refractivity contribution < 1.29 is 4.74 Å². The van der Waals surface area contributed by atoms with Crippen molar-refractivity contribution in [2.75, 3.05) is 32.8 Å². The van der Waals surface area contributed by atoms with Crippen LogP contribution in [0, 0.1) is 5.92 Å². The first-order valence-electron chi connectivity index (χ1n) is 5.96. The lowest BCUT2D eigenvalue weighted by Crippen LogP contribution is -2.46. The van der Waals surface area contributed by atoms with Gasteiger partial charge in [0.2, 0.25) is 0 Å². The van der Waals surface area contributed by atoms with Gasteiger partial charge in [-0.25, -0.2) is 0 Å². The molecule has 17 heavy (non-hydrogen) atoms. The zero-order valence-corrected chi connectivity index (χ0v) is 13.1. The van der Waals surface area contributed by atoms with Crippen LogP contribution in [-0.2, 0) is 4.74 Å². The van der Waals surface area contributed by atoms with Crippen LogP contribution >= 0.6 is 24.0 Å². The van der Waals surface area contributed by atoms with E-state index in [-0.39, 0.29) is 29.9 Å². The van der Waals surface area contributed by atoms with Crippen LogP contribution in [0.5, 0.6) is 0 Å². The van der Waals surface area contributed by atoms with Crippen molar-refractivity contribution >= 4 is 29.9 Å². The number of aliphatic imine (C=N–C) groups is 1. The molecular formula is C11H25IN4O. The van der Waals surface area contributed by atoms with E-state index in [4.69, 9.17) is 16.2 Å². The lowest BCUT2D eigenvalue weighted by molar-refractivity contribution is 0.0143. The van der Waals surface area contributed by atoms with Crippen LogP contribution in [0.25, 0.3) is 0 Å². The molecule has 1 fully saturated rings. The van der Waals surface area contributed by atoms with E-state index in [1.54, 1.807) is 0 Å². The predicted molar refractivity (Wildman–Crippen MR) is 81.7 cm³/mol.